The van der Waals surface area contributed by atoms with E-state index < -0.39 is 11.9 Å². The molecule has 128 valence electrons. The van der Waals surface area contributed by atoms with E-state index in [4.69, 9.17) is 9.15 Å². The molecule has 1 aromatic heterocycles. The minimum Gasteiger partial charge on any atom is -0.507 e. The monoisotopic (exact) mass is 340 g/mol. The zero-order valence-electron chi connectivity index (χ0n) is 13.7. The first-order chi connectivity index (χ1) is 12.0. The van der Waals surface area contributed by atoms with Crippen LogP contribution in [0.4, 0.5) is 0 Å². The zero-order chi connectivity index (χ0) is 18.0. The first-order valence-corrected chi connectivity index (χ1v) is 7.56. The van der Waals surface area contributed by atoms with Gasteiger partial charge >= 0.3 is 11.9 Å². The summed E-state index contributed by atoms with van der Waals surface area (Å²) in [7, 11) is 1.27. The van der Waals surface area contributed by atoms with Gasteiger partial charge in [0.05, 0.1) is 7.11 Å². The van der Waals surface area contributed by atoms with Crippen LogP contribution in [0.3, 0.4) is 0 Å². The number of rotatable bonds is 4. The van der Waals surface area contributed by atoms with E-state index in [1.807, 2.05) is 24.3 Å². The van der Waals surface area contributed by atoms with Crippen molar-refractivity contribution in [1.82, 2.24) is 0 Å². The molecule has 0 saturated heterocycles. The topological polar surface area (TPSA) is 86.0 Å². The van der Waals surface area contributed by atoms with Crippen molar-refractivity contribution in [2.24, 2.45) is 0 Å². The van der Waals surface area contributed by atoms with Crippen molar-refractivity contribution in [2.75, 3.05) is 7.11 Å². The Balaban J connectivity index is 1.77. The standard InChI is InChI=1S/C19H16O6/c1-11-15(18(21)23-2)9-14(25-11)10-24-19(22)16-7-12-5-3-4-6-13(12)8-17(16)20/h3-9,20H,10H2,1-2H3. The number of carbonyl (C=O) groups excluding carboxylic acids is 2. The Morgan fingerprint density at radius 2 is 1.72 bits per heavy atom. The molecule has 1 N–H and O–H groups in total. The second-order valence-electron chi connectivity index (χ2n) is 5.47. The minimum atomic E-state index is -0.683. The number of fused-ring (bicyclic) bond motifs is 1. The molecule has 0 aliphatic carbocycles. The largest absolute Gasteiger partial charge is 0.507 e. The number of carbonyl (C=O) groups is 2. The molecule has 0 aliphatic heterocycles. The second kappa shape index (κ2) is 6.68. The van der Waals surface area contributed by atoms with Crippen LogP contribution in [-0.2, 0) is 16.1 Å². The second-order valence-corrected chi connectivity index (χ2v) is 5.47. The van der Waals surface area contributed by atoms with Gasteiger partial charge in [0.15, 0.2) is 0 Å². The van der Waals surface area contributed by atoms with Gasteiger partial charge in [0, 0.05) is 0 Å². The van der Waals surface area contributed by atoms with Crippen LogP contribution >= 0.6 is 0 Å². The summed E-state index contributed by atoms with van der Waals surface area (Å²) in [6, 6.07) is 11.9. The Morgan fingerprint density at radius 3 is 2.40 bits per heavy atom. The van der Waals surface area contributed by atoms with Gasteiger partial charge in [-0.15, -0.1) is 0 Å². The van der Waals surface area contributed by atoms with E-state index in [-0.39, 0.29) is 23.5 Å². The number of esters is 2. The summed E-state index contributed by atoms with van der Waals surface area (Å²) in [6.07, 6.45) is 0. The average molecular weight is 340 g/mol. The van der Waals surface area contributed by atoms with Crippen molar-refractivity contribution in [3.8, 4) is 5.75 Å². The summed E-state index contributed by atoms with van der Waals surface area (Å²) in [5, 5.41) is 11.7. The van der Waals surface area contributed by atoms with Crippen LogP contribution in [-0.4, -0.2) is 24.2 Å². The molecule has 0 spiro atoms. The maximum absolute atomic E-state index is 12.2. The van der Waals surface area contributed by atoms with Gasteiger partial charge in [-0.3, -0.25) is 0 Å². The number of phenolic OH excluding ortho intramolecular Hbond substituents is 1. The van der Waals surface area contributed by atoms with Crippen molar-refractivity contribution in [3.63, 3.8) is 0 Å². The molecule has 0 atom stereocenters. The summed E-state index contributed by atoms with van der Waals surface area (Å²) < 4.78 is 15.2. The lowest BCUT2D eigenvalue weighted by atomic mass is 10.1. The van der Waals surface area contributed by atoms with Gasteiger partial charge in [0.2, 0.25) is 0 Å². The van der Waals surface area contributed by atoms with Crippen molar-refractivity contribution in [2.45, 2.75) is 13.5 Å². The predicted molar refractivity (Wildman–Crippen MR) is 89.5 cm³/mol. The highest BCUT2D eigenvalue weighted by molar-refractivity contribution is 5.98. The average Bonchev–Trinajstić information content (AvgIpc) is 2.99. The molecule has 6 heteroatoms. The van der Waals surface area contributed by atoms with Crippen LogP contribution in [0.2, 0.25) is 0 Å². The molecule has 3 rings (SSSR count). The fourth-order valence-corrected chi connectivity index (χ4v) is 2.53. The van der Waals surface area contributed by atoms with Gasteiger partial charge < -0.3 is 19.0 Å². The third-order valence-corrected chi connectivity index (χ3v) is 3.80. The maximum atomic E-state index is 12.2. The van der Waals surface area contributed by atoms with Crippen molar-refractivity contribution < 1.29 is 28.6 Å². The molecule has 3 aromatic rings. The predicted octanol–water partition coefficient (Wildman–Crippen LogP) is 3.59. The number of hydrogen-bond acceptors (Lipinski definition) is 6. The summed E-state index contributed by atoms with van der Waals surface area (Å²) in [5.41, 5.74) is 0.345. The molecule has 0 amide bonds. The lowest BCUT2D eigenvalue weighted by molar-refractivity contribution is 0.0440. The van der Waals surface area contributed by atoms with E-state index in [0.29, 0.717) is 11.5 Å². The van der Waals surface area contributed by atoms with E-state index in [9.17, 15) is 14.7 Å². The van der Waals surface area contributed by atoms with Gasteiger partial charge in [-0.05, 0) is 35.9 Å². The molecule has 0 aliphatic rings. The molecule has 2 aromatic carbocycles. The van der Waals surface area contributed by atoms with E-state index >= 15 is 0 Å². The minimum absolute atomic E-state index is 0.0650. The van der Waals surface area contributed by atoms with Gasteiger partial charge in [-0.25, -0.2) is 9.59 Å². The van der Waals surface area contributed by atoms with Crippen molar-refractivity contribution in [1.29, 1.82) is 0 Å². The third kappa shape index (κ3) is 3.33. The molecule has 0 saturated carbocycles. The lowest BCUT2D eigenvalue weighted by Gasteiger charge is -2.07. The van der Waals surface area contributed by atoms with Crippen LogP contribution < -0.4 is 0 Å². The fourth-order valence-electron chi connectivity index (χ4n) is 2.53. The molecular formula is C19H16O6. The number of furan rings is 1. The van der Waals surface area contributed by atoms with E-state index in [2.05, 4.69) is 4.74 Å². The molecule has 1 heterocycles. The molecule has 25 heavy (non-hydrogen) atoms. The van der Waals surface area contributed by atoms with Crippen LogP contribution in [0.25, 0.3) is 10.8 Å². The van der Waals surface area contributed by atoms with Gasteiger partial charge in [-0.2, -0.15) is 0 Å². The number of aromatic hydroxyl groups is 1. The third-order valence-electron chi connectivity index (χ3n) is 3.80. The molecule has 0 radical (unpaired) electrons. The van der Waals surface area contributed by atoms with Gasteiger partial charge in [-0.1, -0.05) is 24.3 Å². The highest BCUT2D eigenvalue weighted by Crippen LogP contribution is 2.26. The number of aryl methyl sites for hydroxylation is 1. The Bertz CT molecular complexity index is 954. The smallest absolute Gasteiger partial charge is 0.342 e. The van der Waals surface area contributed by atoms with Gasteiger partial charge in [0.1, 0.15) is 35.0 Å². The van der Waals surface area contributed by atoms with Crippen molar-refractivity contribution >= 4 is 22.7 Å². The molecular weight excluding hydrogens is 324 g/mol. The summed E-state index contributed by atoms with van der Waals surface area (Å²) in [6.45, 7) is 1.45. The fraction of sp³-hybridized carbons (Fsp3) is 0.158. The number of hydrogen-bond donors (Lipinski definition) is 1. The zero-order valence-corrected chi connectivity index (χ0v) is 13.7. The summed E-state index contributed by atoms with van der Waals surface area (Å²) in [5.74, 6) is -0.671. The van der Waals surface area contributed by atoms with Gasteiger partial charge in [0.25, 0.3) is 0 Å². The first-order valence-electron chi connectivity index (χ1n) is 7.56. The molecule has 0 fully saturated rings. The van der Waals surface area contributed by atoms with E-state index in [0.717, 1.165) is 10.8 Å². The maximum Gasteiger partial charge on any atom is 0.342 e. The van der Waals surface area contributed by atoms with Crippen LogP contribution in [0.1, 0.15) is 32.2 Å². The first kappa shape index (κ1) is 16.6. The summed E-state index contributed by atoms with van der Waals surface area (Å²) >= 11 is 0. The normalized spacial score (nSPS) is 10.6. The molecule has 6 nitrogen and oxygen atoms in total. The molecule has 0 bridgehead atoms. The summed E-state index contributed by atoms with van der Waals surface area (Å²) in [4.78, 5) is 23.8. The highest BCUT2D eigenvalue weighted by atomic mass is 16.5. The Kier molecular flexibility index (Phi) is 4.43. The Hall–Kier alpha value is -3.28. The van der Waals surface area contributed by atoms with E-state index in [1.54, 1.807) is 13.0 Å². The van der Waals surface area contributed by atoms with E-state index in [1.165, 1.54) is 19.2 Å². The number of ether oxygens (including phenoxy) is 2. The number of phenols is 1. The van der Waals surface area contributed by atoms with Crippen molar-refractivity contribution in [3.05, 3.63) is 65.1 Å². The van der Waals surface area contributed by atoms with Crippen LogP contribution in [0, 0.1) is 6.92 Å². The SMILES string of the molecule is COC(=O)c1cc(COC(=O)c2cc3ccccc3cc2O)oc1C. The quantitative estimate of drug-likeness (QED) is 0.731. The Morgan fingerprint density at radius 1 is 1.04 bits per heavy atom. The number of benzene rings is 2. The lowest BCUT2D eigenvalue weighted by Crippen LogP contribution is -2.05. The molecule has 0 unspecified atom stereocenters. The number of methoxy groups -OCH3 is 1. The highest BCUT2D eigenvalue weighted by Gasteiger charge is 2.18. The van der Waals surface area contributed by atoms with Crippen LogP contribution in [0.15, 0.2) is 46.9 Å². The Labute approximate surface area is 143 Å². The van der Waals surface area contributed by atoms with Crippen LogP contribution in [0.5, 0.6) is 5.75 Å².